The van der Waals surface area contributed by atoms with Crippen LogP contribution in [0.25, 0.3) is 11.1 Å². The first-order chi connectivity index (χ1) is 9.49. The number of benzene rings is 2. The van der Waals surface area contributed by atoms with E-state index in [1.54, 1.807) is 12.1 Å². The topological polar surface area (TPSA) is 71.4 Å². The van der Waals surface area contributed by atoms with E-state index in [4.69, 9.17) is 5.11 Å². The number of rotatable bonds is 5. The largest absolute Gasteiger partial charge is 0.481 e. The van der Waals surface area contributed by atoms with Crippen LogP contribution in [0.15, 0.2) is 59.5 Å². The lowest BCUT2D eigenvalue weighted by atomic mass is 10.1. The average molecular weight is 290 g/mol. The lowest BCUT2D eigenvalue weighted by molar-refractivity contribution is -0.136. The Labute approximate surface area is 117 Å². The lowest BCUT2D eigenvalue weighted by Gasteiger charge is -2.05. The highest BCUT2D eigenvalue weighted by atomic mass is 32.2. The summed E-state index contributed by atoms with van der Waals surface area (Å²) in [6.07, 6.45) is -0.386. The van der Waals surface area contributed by atoms with E-state index >= 15 is 0 Å². The third-order valence-corrected chi connectivity index (χ3v) is 4.64. The van der Waals surface area contributed by atoms with Gasteiger partial charge in [-0.05, 0) is 23.3 Å². The van der Waals surface area contributed by atoms with Crippen LogP contribution < -0.4 is 0 Å². The van der Waals surface area contributed by atoms with E-state index in [2.05, 4.69) is 0 Å². The van der Waals surface area contributed by atoms with Crippen molar-refractivity contribution < 1.29 is 18.3 Å². The van der Waals surface area contributed by atoms with E-state index in [9.17, 15) is 13.2 Å². The molecule has 0 aliphatic carbocycles. The zero-order valence-corrected chi connectivity index (χ0v) is 11.5. The fourth-order valence-corrected chi connectivity index (χ4v) is 3.05. The van der Waals surface area contributed by atoms with Crippen molar-refractivity contribution in [2.45, 2.75) is 11.3 Å². The monoisotopic (exact) mass is 290 g/mol. The van der Waals surface area contributed by atoms with E-state index in [1.807, 2.05) is 30.3 Å². The third-order valence-electron chi connectivity index (χ3n) is 2.91. The normalized spacial score (nSPS) is 11.2. The first-order valence-corrected chi connectivity index (χ1v) is 7.74. The van der Waals surface area contributed by atoms with Gasteiger partial charge < -0.3 is 5.11 Å². The van der Waals surface area contributed by atoms with Crippen molar-refractivity contribution >= 4 is 15.8 Å². The molecule has 0 fully saturated rings. The molecule has 0 atom stereocenters. The summed E-state index contributed by atoms with van der Waals surface area (Å²) in [6, 6.07) is 16.1. The van der Waals surface area contributed by atoms with Crippen LogP contribution in [0.1, 0.15) is 6.42 Å². The average Bonchev–Trinajstić information content (AvgIpc) is 2.46. The highest BCUT2D eigenvalue weighted by Gasteiger charge is 2.16. The smallest absolute Gasteiger partial charge is 0.304 e. The molecule has 0 heterocycles. The summed E-state index contributed by atoms with van der Waals surface area (Å²) < 4.78 is 23.8. The molecule has 0 bridgehead atoms. The van der Waals surface area contributed by atoms with Crippen molar-refractivity contribution in [2.24, 2.45) is 0 Å². The maximum atomic E-state index is 11.9. The van der Waals surface area contributed by atoms with Crippen LogP contribution in [0.5, 0.6) is 0 Å². The van der Waals surface area contributed by atoms with E-state index in [1.165, 1.54) is 12.1 Å². The van der Waals surface area contributed by atoms with Gasteiger partial charge in [0.2, 0.25) is 0 Å². The molecule has 0 saturated carbocycles. The molecule has 0 unspecified atom stereocenters. The molecule has 0 spiro atoms. The van der Waals surface area contributed by atoms with Gasteiger partial charge in [-0.25, -0.2) is 8.42 Å². The second kappa shape index (κ2) is 5.88. The molecule has 4 nitrogen and oxygen atoms in total. The van der Waals surface area contributed by atoms with E-state index in [-0.39, 0.29) is 17.1 Å². The fraction of sp³-hybridized carbons (Fsp3) is 0.133. The van der Waals surface area contributed by atoms with Gasteiger partial charge in [0, 0.05) is 0 Å². The number of hydrogen-bond acceptors (Lipinski definition) is 3. The molecule has 20 heavy (non-hydrogen) atoms. The quantitative estimate of drug-likeness (QED) is 0.918. The van der Waals surface area contributed by atoms with E-state index in [0.717, 1.165) is 11.1 Å². The van der Waals surface area contributed by atoms with Crippen molar-refractivity contribution in [1.82, 2.24) is 0 Å². The van der Waals surface area contributed by atoms with Crippen molar-refractivity contribution in [3.63, 3.8) is 0 Å². The molecule has 104 valence electrons. The molecule has 0 radical (unpaired) electrons. The summed E-state index contributed by atoms with van der Waals surface area (Å²) in [5.41, 5.74) is 1.92. The minimum atomic E-state index is -3.54. The second-order valence-electron chi connectivity index (χ2n) is 4.35. The summed E-state index contributed by atoms with van der Waals surface area (Å²) in [4.78, 5) is 10.6. The van der Waals surface area contributed by atoms with Crippen LogP contribution in [-0.4, -0.2) is 25.2 Å². The number of carboxylic acids is 1. The zero-order valence-electron chi connectivity index (χ0n) is 10.7. The van der Waals surface area contributed by atoms with Gasteiger partial charge in [-0.3, -0.25) is 4.79 Å². The third kappa shape index (κ3) is 3.45. The molecule has 0 aromatic heterocycles. The van der Waals surface area contributed by atoms with E-state index in [0.29, 0.717) is 0 Å². The molecule has 0 saturated heterocycles. The lowest BCUT2D eigenvalue weighted by Crippen LogP contribution is -2.10. The van der Waals surface area contributed by atoms with Gasteiger partial charge in [0.15, 0.2) is 9.84 Å². The first-order valence-electron chi connectivity index (χ1n) is 6.09. The van der Waals surface area contributed by atoms with Gasteiger partial charge in [-0.2, -0.15) is 0 Å². The van der Waals surface area contributed by atoms with Gasteiger partial charge in [0.25, 0.3) is 0 Å². The zero-order chi connectivity index (χ0) is 14.6. The van der Waals surface area contributed by atoms with Crippen LogP contribution in [-0.2, 0) is 14.6 Å². The Morgan fingerprint density at radius 1 is 0.900 bits per heavy atom. The summed E-state index contributed by atoms with van der Waals surface area (Å²) in [7, 11) is -3.54. The second-order valence-corrected chi connectivity index (χ2v) is 6.46. The summed E-state index contributed by atoms with van der Waals surface area (Å²) in [5.74, 6) is -1.50. The predicted octanol–water partition coefficient (Wildman–Crippen LogP) is 2.60. The van der Waals surface area contributed by atoms with Crippen LogP contribution in [0, 0.1) is 0 Å². The number of hydrogen-bond donors (Lipinski definition) is 1. The van der Waals surface area contributed by atoms with Crippen molar-refractivity contribution in [2.75, 3.05) is 5.75 Å². The number of carboxylic acid groups (broad SMARTS) is 1. The first kappa shape index (κ1) is 14.3. The molecule has 0 aliphatic rings. The molecule has 2 aromatic rings. The van der Waals surface area contributed by atoms with Gasteiger partial charge in [-0.15, -0.1) is 0 Å². The Kier molecular flexibility index (Phi) is 4.20. The van der Waals surface area contributed by atoms with Gasteiger partial charge in [0.05, 0.1) is 17.1 Å². The predicted molar refractivity (Wildman–Crippen MR) is 76.2 cm³/mol. The highest BCUT2D eigenvalue weighted by molar-refractivity contribution is 7.91. The van der Waals surface area contributed by atoms with Crippen molar-refractivity contribution in [3.05, 3.63) is 54.6 Å². The summed E-state index contributed by atoms with van der Waals surface area (Å²) in [5, 5.41) is 8.55. The molecule has 1 N–H and O–H groups in total. The van der Waals surface area contributed by atoms with Crippen LogP contribution in [0.3, 0.4) is 0 Å². The highest BCUT2D eigenvalue weighted by Crippen LogP contribution is 2.21. The van der Waals surface area contributed by atoms with Crippen molar-refractivity contribution in [3.8, 4) is 11.1 Å². The molecular formula is C15H14O4S. The molecule has 0 aliphatic heterocycles. The number of sulfone groups is 1. The minimum absolute atomic E-state index is 0.151. The maximum Gasteiger partial charge on any atom is 0.304 e. The van der Waals surface area contributed by atoms with Crippen molar-refractivity contribution in [1.29, 1.82) is 0 Å². The summed E-state index contributed by atoms with van der Waals surface area (Å²) >= 11 is 0. The van der Waals surface area contributed by atoms with Crippen LogP contribution in [0.4, 0.5) is 0 Å². The van der Waals surface area contributed by atoms with E-state index < -0.39 is 15.8 Å². The van der Waals surface area contributed by atoms with Crippen LogP contribution in [0.2, 0.25) is 0 Å². The Morgan fingerprint density at radius 3 is 2.00 bits per heavy atom. The molecule has 2 rings (SSSR count). The molecule has 5 heteroatoms. The fourth-order valence-electron chi connectivity index (χ4n) is 1.82. The van der Waals surface area contributed by atoms with Gasteiger partial charge in [-0.1, -0.05) is 42.5 Å². The molecular weight excluding hydrogens is 276 g/mol. The van der Waals surface area contributed by atoms with Gasteiger partial charge in [0.1, 0.15) is 0 Å². The Hall–Kier alpha value is -2.14. The Bertz CT molecular complexity index is 688. The maximum absolute atomic E-state index is 11.9. The standard InChI is InChI=1S/C15H14O4S/c16-15(17)10-11-20(18,19)14-8-6-13(7-9-14)12-4-2-1-3-5-12/h1-9H,10-11H2,(H,16,17). The Morgan fingerprint density at radius 2 is 1.45 bits per heavy atom. The molecule has 2 aromatic carbocycles. The summed E-state index contributed by atoms with van der Waals surface area (Å²) in [6.45, 7) is 0. The number of aliphatic carboxylic acids is 1. The SMILES string of the molecule is O=C(O)CCS(=O)(=O)c1ccc(-c2ccccc2)cc1. The minimum Gasteiger partial charge on any atom is -0.481 e. The van der Waals surface area contributed by atoms with Gasteiger partial charge >= 0.3 is 5.97 Å². The Balaban J connectivity index is 2.22. The molecule has 0 amide bonds. The number of carbonyl (C=O) groups is 1. The van der Waals surface area contributed by atoms with Crippen LogP contribution >= 0.6 is 0 Å².